The van der Waals surface area contributed by atoms with Gasteiger partial charge in [-0.3, -0.25) is 0 Å². The van der Waals surface area contributed by atoms with Gasteiger partial charge in [-0.1, -0.05) is 72.7 Å². The summed E-state index contributed by atoms with van der Waals surface area (Å²) in [7, 11) is 0. The molecule has 2 heterocycles. The number of hydrogen-bond donors (Lipinski definition) is 1. The van der Waals surface area contributed by atoms with Crippen molar-refractivity contribution in [3.8, 4) is 11.5 Å². The predicted molar refractivity (Wildman–Crippen MR) is 167 cm³/mol. The van der Waals surface area contributed by atoms with Gasteiger partial charge in [-0.15, -0.1) is 0 Å². The number of carboxylic acid groups (broad SMARTS) is 1. The smallest absolute Gasteiger partial charge is 0.337 e. The lowest BCUT2D eigenvalue weighted by Gasteiger charge is -2.28. The summed E-state index contributed by atoms with van der Waals surface area (Å²) in [4.78, 5) is 15.0. The van der Waals surface area contributed by atoms with E-state index in [4.69, 9.17) is 51.1 Å². The first-order valence-corrected chi connectivity index (χ1v) is 15.2. The van der Waals surface area contributed by atoms with Crippen LogP contribution in [-0.2, 0) is 12.8 Å². The fourth-order valence-corrected chi connectivity index (χ4v) is 6.83. The van der Waals surface area contributed by atoms with Gasteiger partial charge in [0.1, 0.15) is 11.5 Å². The molecule has 0 saturated heterocycles. The van der Waals surface area contributed by atoms with Gasteiger partial charge in [0, 0.05) is 46.8 Å². The number of fused-ring (bicyclic) bond motifs is 3. The van der Waals surface area contributed by atoms with Crippen molar-refractivity contribution >= 4 is 70.2 Å². The van der Waals surface area contributed by atoms with E-state index in [1.807, 2.05) is 12.1 Å². The molecule has 3 aromatic carbocycles. The molecule has 0 aliphatic carbocycles. The third-order valence-corrected chi connectivity index (χ3v) is 9.67. The molecule has 4 nitrogen and oxygen atoms in total. The number of benzene rings is 3. The molecule has 2 aliphatic heterocycles. The number of rotatable bonds is 7. The monoisotopic (exact) mass is 617 g/mol. The van der Waals surface area contributed by atoms with Gasteiger partial charge >= 0.3 is 5.97 Å². The van der Waals surface area contributed by atoms with E-state index in [2.05, 4.69) is 37.5 Å². The topological polar surface area (TPSA) is 49.8 Å². The molecular formula is C32H31Cl4NO3. The second kappa shape index (κ2) is 11.9. The Hall–Kier alpha value is -2.37. The number of hydrogen-bond acceptors (Lipinski definition) is 3. The first kappa shape index (κ1) is 29.1. The Morgan fingerprint density at radius 3 is 2.42 bits per heavy atom. The van der Waals surface area contributed by atoms with E-state index in [1.165, 1.54) is 5.56 Å². The van der Waals surface area contributed by atoms with E-state index in [-0.39, 0.29) is 31.2 Å². The second-order valence-corrected chi connectivity index (χ2v) is 11.9. The molecular weight excluding hydrogens is 588 g/mol. The number of carboxylic acids is 1. The molecule has 0 fully saturated rings. The van der Waals surface area contributed by atoms with Gasteiger partial charge in [-0.25, -0.2) is 4.79 Å². The quantitative estimate of drug-likeness (QED) is 0.128. The molecule has 210 valence electrons. The van der Waals surface area contributed by atoms with E-state index in [9.17, 15) is 9.90 Å². The summed E-state index contributed by atoms with van der Waals surface area (Å²) in [5.41, 5.74) is 4.79. The van der Waals surface area contributed by atoms with Gasteiger partial charge in [0.15, 0.2) is 0 Å². The van der Waals surface area contributed by atoms with Crippen molar-refractivity contribution in [3.05, 3.63) is 82.6 Å². The SMILES string of the molecule is C=c1cc2c(cc1CCCCC)=C(c1c(Cl)c(Cl)c(Cl)c(Cl)c1C(=O)O)c1cc3c(cc1O2)N(CC)CCCC3. The molecule has 0 radical (unpaired) electrons. The summed E-state index contributed by atoms with van der Waals surface area (Å²) in [6, 6.07) is 8.16. The van der Waals surface area contributed by atoms with Gasteiger partial charge < -0.3 is 14.7 Å². The number of unbranched alkanes of at least 4 members (excludes halogenated alkanes) is 2. The summed E-state index contributed by atoms with van der Waals surface area (Å²) < 4.78 is 6.54. The largest absolute Gasteiger partial charge is 0.478 e. The van der Waals surface area contributed by atoms with Crippen LogP contribution in [0.3, 0.4) is 0 Å². The highest BCUT2D eigenvalue weighted by Gasteiger charge is 2.32. The van der Waals surface area contributed by atoms with Crippen molar-refractivity contribution in [3.63, 3.8) is 0 Å². The minimum absolute atomic E-state index is 0.0132. The number of anilines is 1. The zero-order valence-corrected chi connectivity index (χ0v) is 25.6. The average Bonchev–Trinajstić information content (AvgIpc) is 3.13. The minimum atomic E-state index is -1.24. The van der Waals surface area contributed by atoms with Crippen LogP contribution in [0.2, 0.25) is 20.1 Å². The molecule has 40 heavy (non-hydrogen) atoms. The molecule has 0 bridgehead atoms. The molecule has 0 amide bonds. The Morgan fingerprint density at radius 1 is 0.975 bits per heavy atom. The first-order chi connectivity index (χ1) is 19.2. The minimum Gasteiger partial charge on any atom is -0.478 e. The van der Waals surface area contributed by atoms with Crippen molar-refractivity contribution in [2.75, 3.05) is 18.0 Å². The summed E-state index contributed by atoms with van der Waals surface area (Å²) in [5, 5.41) is 11.8. The molecule has 8 heteroatoms. The van der Waals surface area contributed by atoms with Crippen molar-refractivity contribution in [2.24, 2.45) is 0 Å². The normalized spacial score (nSPS) is 14.2. The number of aryl methyl sites for hydroxylation is 2. The maximum absolute atomic E-state index is 12.7. The van der Waals surface area contributed by atoms with Crippen LogP contribution in [0.1, 0.15) is 78.6 Å². The Kier molecular flexibility index (Phi) is 8.63. The molecule has 3 aromatic rings. The molecule has 0 saturated carbocycles. The Morgan fingerprint density at radius 2 is 1.73 bits per heavy atom. The highest BCUT2D eigenvalue weighted by Crippen LogP contribution is 2.48. The van der Waals surface area contributed by atoms with Crippen molar-refractivity contribution in [2.45, 2.75) is 58.8 Å². The maximum Gasteiger partial charge on any atom is 0.337 e. The fourth-order valence-electron chi connectivity index (χ4n) is 5.80. The maximum atomic E-state index is 12.7. The first-order valence-electron chi connectivity index (χ1n) is 13.7. The summed E-state index contributed by atoms with van der Waals surface area (Å²) >= 11 is 26.3. The lowest BCUT2D eigenvalue weighted by Crippen LogP contribution is -2.26. The van der Waals surface area contributed by atoms with Crippen LogP contribution in [0.15, 0.2) is 24.3 Å². The van der Waals surface area contributed by atoms with Gasteiger partial charge in [-0.2, -0.15) is 0 Å². The average molecular weight is 619 g/mol. The van der Waals surface area contributed by atoms with Crippen LogP contribution >= 0.6 is 46.4 Å². The Labute approximate surface area is 254 Å². The second-order valence-electron chi connectivity index (χ2n) is 10.4. The highest BCUT2D eigenvalue weighted by atomic mass is 35.5. The van der Waals surface area contributed by atoms with Crippen LogP contribution in [0.5, 0.6) is 11.5 Å². The standard InChI is InChI=1S/C32H31Cl4NO3/c1-4-6-7-10-18-14-20-23(13-17(18)3)40-24-16-22-19(11-8-9-12-37(22)5-2)15-21(24)25(20)26-27(32(38)39)29(34)31(36)30(35)28(26)33/h13-16H,3-12H2,1-2H3,(H,38,39). The van der Waals surface area contributed by atoms with Gasteiger partial charge in [0.25, 0.3) is 0 Å². The molecule has 0 spiro atoms. The molecule has 0 aromatic heterocycles. The van der Waals surface area contributed by atoms with E-state index in [1.54, 1.807) is 0 Å². The van der Waals surface area contributed by atoms with E-state index >= 15 is 0 Å². The molecule has 5 rings (SSSR count). The number of halogens is 4. The Bertz CT molecular complexity index is 1630. The van der Waals surface area contributed by atoms with E-state index in [0.29, 0.717) is 17.1 Å². The summed E-state index contributed by atoms with van der Waals surface area (Å²) in [6.45, 7) is 10.5. The zero-order valence-electron chi connectivity index (χ0n) is 22.6. The zero-order chi connectivity index (χ0) is 28.7. The number of aromatic carboxylic acids is 1. The van der Waals surface area contributed by atoms with Crippen molar-refractivity contribution in [1.29, 1.82) is 0 Å². The number of ether oxygens (including phenoxy) is 1. The third-order valence-electron chi connectivity index (χ3n) is 7.87. The van der Waals surface area contributed by atoms with Gasteiger partial charge in [0.05, 0.1) is 25.7 Å². The van der Waals surface area contributed by atoms with E-state index < -0.39 is 5.97 Å². The molecule has 1 N–H and O–H groups in total. The summed E-state index contributed by atoms with van der Waals surface area (Å²) in [6.07, 6.45) is 7.12. The van der Waals surface area contributed by atoms with E-state index in [0.717, 1.165) is 85.3 Å². The number of nitrogens with zero attached hydrogens (tertiary/aromatic N) is 1. The lowest BCUT2D eigenvalue weighted by molar-refractivity contribution is 0.0696. The highest BCUT2D eigenvalue weighted by molar-refractivity contribution is 6.53. The van der Waals surface area contributed by atoms with Crippen molar-refractivity contribution in [1.82, 2.24) is 0 Å². The van der Waals surface area contributed by atoms with Gasteiger partial charge in [-0.05, 0) is 73.6 Å². The van der Waals surface area contributed by atoms with Crippen LogP contribution in [0.25, 0.3) is 12.2 Å². The lowest BCUT2D eigenvalue weighted by atomic mass is 9.87. The summed E-state index contributed by atoms with van der Waals surface area (Å²) in [5.74, 6) is -0.0429. The van der Waals surface area contributed by atoms with Crippen LogP contribution in [-0.4, -0.2) is 24.2 Å². The van der Waals surface area contributed by atoms with Crippen LogP contribution in [0, 0.1) is 0 Å². The molecule has 2 aliphatic rings. The van der Waals surface area contributed by atoms with Gasteiger partial charge in [0.2, 0.25) is 0 Å². The fraction of sp³-hybridized carbons (Fsp3) is 0.344. The number of carbonyl (C=O) groups is 1. The molecule has 0 atom stereocenters. The third kappa shape index (κ3) is 5.09. The predicted octanol–water partition coefficient (Wildman–Crippen LogP) is 8.66. The van der Waals surface area contributed by atoms with Crippen LogP contribution < -0.4 is 20.1 Å². The van der Waals surface area contributed by atoms with Crippen LogP contribution in [0.4, 0.5) is 5.69 Å². The Balaban J connectivity index is 1.91. The molecule has 0 unspecified atom stereocenters. The van der Waals surface area contributed by atoms with Crippen molar-refractivity contribution < 1.29 is 14.6 Å².